The second-order valence-electron chi connectivity index (χ2n) is 14.8. The fourth-order valence-corrected chi connectivity index (χ4v) is 7.12. The number of rotatable bonds is 7. The molecule has 0 unspecified atom stereocenters. The molecular weight excluding hydrogens is 529 g/mol. The molecule has 4 nitrogen and oxygen atoms in total. The average Bonchev–Trinajstić information content (AvgIpc) is 2.82. The van der Waals surface area contributed by atoms with Gasteiger partial charge in [-0.1, -0.05) is 66.2 Å². The number of methoxy groups -OCH3 is 2. The third kappa shape index (κ3) is 5.89. The van der Waals surface area contributed by atoms with Gasteiger partial charge in [0.1, 0.15) is 5.75 Å². The smallest absolute Gasteiger partial charge is 0.250 e. The van der Waals surface area contributed by atoms with E-state index < -0.39 is 16.6 Å². The predicted octanol–water partition coefficient (Wildman–Crippen LogP) is 10.3. The van der Waals surface area contributed by atoms with Gasteiger partial charge in [0, 0.05) is 5.92 Å². The van der Waals surface area contributed by atoms with Crippen molar-refractivity contribution in [3.8, 4) is 23.0 Å². The number of fused-ring (bicyclic) bond motifs is 1. The molecule has 0 amide bonds. The van der Waals surface area contributed by atoms with Gasteiger partial charge in [0.2, 0.25) is 0 Å². The molecule has 0 radical (unpaired) electrons. The average molecular weight is 583 g/mol. The highest BCUT2D eigenvalue weighted by atomic mass is 28.4. The molecule has 0 heterocycles. The summed E-state index contributed by atoms with van der Waals surface area (Å²) in [5.41, 5.74) is 7.57. The standard InChI is InChI=1S/C34H54O4Si2/c1-21-17-26-24(4)31(37-39(13,14)33(5,6)7)22(2)18-27(26)30(23(21)3)25-19-28(35-11)32(29(20-25)36-12)38-40(15,16)34(8,9)10/h17-20,23,30H,1-16H3/t23-,30-/m1/s1. The van der Waals surface area contributed by atoms with Crippen molar-refractivity contribution in [2.45, 2.75) is 111 Å². The van der Waals surface area contributed by atoms with Crippen LogP contribution in [0.15, 0.2) is 23.8 Å². The van der Waals surface area contributed by atoms with E-state index in [-0.39, 0.29) is 16.0 Å². The van der Waals surface area contributed by atoms with Crippen molar-refractivity contribution < 1.29 is 18.3 Å². The van der Waals surface area contributed by atoms with E-state index in [1.165, 1.54) is 33.4 Å². The van der Waals surface area contributed by atoms with E-state index in [0.29, 0.717) is 11.7 Å². The van der Waals surface area contributed by atoms with E-state index in [0.717, 1.165) is 17.2 Å². The molecule has 0 N–H and O–H groups in total. The zero-order valence-corrected chi connectivity index (χ0v) is 30.1. The second-order valence-corrected chi connectivity index (χ2v) is 24.2. The maximum atomic E-state index is 6.92. The Morgan fingerprint density at radius 1 is 0.700 bits per heavy atom. The monoisotopic (exact) mass is 582 g/mol. The number of allylic oxidation sites excluding steroid dienone is 1. The molecule has 0 saturated heterocycles. The Balaban J connectivity index is 2.21. The fraction of sp³-hybridized carbons (Fsp3) is 0.588. The van der Waals surface area contributed by atoms with Crippen LogP contribution in [0.5, 0.6) is 23.0 Å². The molecule has 0 aliphatic heterocycles. The Morgan fingerprint density at radius 2 is 1.15 bits per heavy atom. The first-order chi connectivity index (χ1) is 18.2. The highest BCUT2D eigenvalue weighted by Gasteiger charge is 2.42. The first kappa shape index (κ1) is 32.3. The normalized spacial score (nSPS) is 18.1. The molecule has 2 aromatic carbocycles. The SMILES string of the molecule is COc1cc([C@@H]2c3cc(C)c(O[Si](C)(C)C(C)(C)C)c(C)c3C=C(C)[C@H]2C)cc(OC)c1O[Si](C)(C)C(C)(C)C. The molecule has 0 bridgehead atoms. The Bertz CT molecular complexity index is 1270. The lowest BCUT2D eigenvalue weighted by molar-refractivity contribution is 0.353. The van der Waals surface area contributed by atoms with Gasteiger partial charge >= 0.3 is 0 Å². The minimum absolute atomic E-state index is 0.0552. The van der Waals surface area contributed by atoms with Crippen LogP contribution in [0, 0.1) is 19.8 Å². The summed E-state index contributed by atoms with van der Waals surface area (Å²) in [6.45, 7) is 31.8. The number of hydrogen-bond donors (Lipinski definition) is 0. The van der Waals surface area contributed by atoms with Crippen LogP contribution in [0.1, 0.15) is 89.1 Å². The van der Waals surface area contributed by atoms with Gasteiger partial charge in [-0.15, -0.1) is 0 Å². The van der Waals surface area contributed by atoms with Crippen LogP contribution in [0.25, 0.3) is 6.08 Å². The Hall–Kier alpha value is -2.19. The highest BCUT2D eigenvalue weighted by molar-refractivity contribution is 6.75. The Labute approximate surface area is 246 Å². The lowest BCUT2D eigenvalue weighted by atomic mass is 9.71. The van der Waals surface area contributed by atoms with Crippen molar-refractivity contribution in [2.75, 3.05) is 14.2 Å². The number of ether oxygens (including phenoxy) is 2. The van der Waals surface area contributed by atoms with E-state index in [2.05, 4.69) is 120 Å². The summed E-state index contributed by atoms with van der Waals surface area (Å²) in [6, 6.07) is 6.69. The van der Waals surface area contributed by atoms with Crippen LogP contribution >= 0.6 is 0 Å². The maximum absolute atomic E-state index is 6.92. The largest absolute Gasteiger partial charge is 0.543 e. The fourth-order valence-electron chi connectivity index (χ4n) is 4.97. The zero-order valence-electron chi connectivity index (χ0n) is 28.1. The van der Waals surface area contributed by atoms with Crippen molar-refractivity contribution in [3.63, 3.8) is 0 Å². The first-order valence-corrected chi connectivity index (χ1v) is 20.4. The van der Waals surface area contributed by atoms with Gasteiger partial charge in [0.25, 0.3) is 16.6 Å². The van der Waals surface area contributed by atoms with Crippen molar-refractivity contribution in [3.05, 3.63) is 51.6 Å². The molecule has 2 atom stereocenters. The Morgan fingerprint density at radius 3 is 1.57 bits per heavy atom. The summed E-state index contributed by atoms with van der Waals surface area (Å²) in [7, 11) is -0.666. The van der Waals surface area contributed by atoms with Gasteiger partial charge in [-0.05, 0) is 103 Å². The van der Waals surface area contributed by atoms with Gasteiger partial charge in [0.05, 0.1) is 14.2 Å². The van der Waals surface area contributed by atoms with E-state index >= 15 is 0 Å². The van der Waals surface area contributed by atoms with Gasteiger partial charge < -0.3 is 18.3 Å². The summed E-state index contributed by atoms with van der Waals surface area (Å²) in [4.78, 5) is 0. The molecule has 40 heavy (non-hydrogen) atoms. The van der Waals surface area contributed by atoms with Crippen LogP contribution in [-0.4, -0.2) is 30.9 Å². The molecule has 6 heteroatoms. The topological polar surface area (TPSA) is 36.9 Å². The van der Waals surface area contributed by atoms with Crippen molar-refractivity contribution in [2.24, 2.45) is 5.92 Å². The Kier molecular flexibility index (Phi) is 8.81. The number of benzene rings is 2. The van der Waals surface area contributed by atoms with Crippen LogP contribution in [0.2, 0.25) is 36.3 Å². The molecule has 0 aromatic heterocycles. The molecule has 2 aromatic rings. The first-order valence-electron chi connectivity index (χ1n) is 14.6. The van der Waals surface area contributed by atoms with Crippen LogP contribution < -0.4 is 18.3 Å². The highest BCUT2D eigenvalue weighted by Crippen LogP contribution is 2.51. The summed E-state index contributed by atoms with van der Waals surface area (Å²) >= 11 is 0. The van der Waals surface area contributed by atoms with Gasteiger partial charge in [0.15, 0.2) is 17.2 Å². The van der Waals surface area contributed by atoms with E-state index in [9.17, 15) is 0 Å². The van der Waals surface area contributed by atoms with Crippen molar-refractivity contribution in [1.29, 1.82) is 0 Å². The lowest BCUT2D eigenvalue weighted by Crippen LogP contribution is -2.44. The number of aryl methyl sites for hydroxylation is 1. The molecule has 0 fully saturated rings. The third-order valence-electron chi connectivity index (χ3n) is 9.88. The zero-order chi connectivity index (χ0) is 30.6. The van der Waals surface area contributed by atoms with Crippen LogP contribution in [0.4, 0.5) is 0 Å². The molecule has 3 rings (SSSR count). The van der Waals surface area contributed by atoms with E-state index in [1.807, 2.05) is 0 Å². The molecular formula is C34H54O4Si2. The van der Waals surface area contributed by atoms with Crippen LogP contribution in [0.3, 0.4) is 0 Å². The minimum Gasteiger partial charge on any atom is -0.543 e. The molecule has 1 aliphatic carbocycles. The lowest BCUT2D eigenvalue weighted by Gasteiger charge is -2.39. The summed E-state index contributed by atoms with van der Waals surface area (Å²) in [6.07, 6.45) is 2.37. The predicted molar refractivity (Wildman–Crippen MR) is 176 cm³/mol. The minimum atomic E-state index is -2.11. The molecule has 0 spiro atoms. The van der Waals surface area contributed by atoms with E-state index in [4.69, 9.17) is 18.3 Å². The second kappa shape index (κ2) is 10.9. The summed E-state index contributed by atoms with van der Waals surface area (Å²) < 4.78 is 25.6. The summed E-state index contributed by atoms with van der Waals surface area (Å²) in [5, 5.41) is 0.186. The molecule has 222 valence electrons. The van der Waals surface area contributed by atoms with Crippen molar-refractivity contribution in [1.82, 2.24) is 0 Å². The quantitative estimate of drug-likeness (QED) is 0.304. The molecule has 0 saturated carbocycles. The van der Waals surface area contributed by atoms with Crippen LogP contribution in [-0.2, 0) is 0 Å². The van der Waals surface area contributed by atoms with Crippen molar-refractivity contribution >= 4 is 22.7 Å². The third-order valence-corrected chi connectivity index (χ3v) is 18.5. The van der Waals surface area contributed by atoms with Gasteiger partial charge in [-0.3, -0.25) is 0 Å². The number of hydrogen-bond acceptors (Lipinski definition) is 4. The van der Waals surface area contributed by atoms with Gasteiger partial charge in [-0.2, -0.15) is 0 Å². The maximum Gasteiger partial charge on any atom is 0.250 e. The molecule has 1 aliphatic rings. The van der Waals surface area contributed by atoms with E-state index in [1.54, 1.807) is 14.2 Å². The van der Waals surface area contributed by atoms with Gasteiger partial charge in [-0.25, -0.2) is 0 Å². The summed E-state index contributed by atoms with van der Waals surface area (Å²) in [5.74, 6) is 3.69.